The van der Waals surface area contributed by atoms with Crippen LogP contribution in [-0.4, -0.2) is 16.2 Å². The zero-order chi connectivity index (χ0) is 16.3. The highest BCUT2D eigenvalue weighted by Crippen LogP contribution is 2.15. The molecule has 0 saturated heterocycles. The van der Waals surface area contributed by atoms with Crippen LogP contribution >= 0.6 is 0 Å². The number of rotatable bonds is 4. The normalized spacial score (nSPS) is 11.5. The summed E-state index contributed by atoms with van der Waals surface area (Å²) < 4.78 is 20.3. The SMILES string of the molecule is Cc1cc(=O)n(C(C)(C)C)c(CCOc2cccc(F)c2)n1. The minimum absolute atomic E-state index is 0.0687. The van der Waals surface area contributed by atoms with Crippen LogP contribution in [0, 0.1) is 12.7 Å². The van der Waals surface area contributed by atoms with Crippen molar-refractivity contribution in [3.05, 3.63) is 58.0 Å². The van der Waals surface area contributed by atoms with Crippen LogP contribution in [0.3, 0.4) is 0 Å². The van der Waals surface area contributed by atoms with Gasteiger partial charge in [0.2, 0.25) is 0 Å². The number of aromatic nitrogens is 2. The third-order valence-corrected chi connectivity index (χ3v) is 3.18. The summed E-state index contributed by atoms with van der Waals surface area (Å²) in [5.74, 6) is 0.809. The summed E-state index contributed by atoms with van der Waals surface area (Å²) in [4.78, 5) is 16.7. The van der Waals surface area contributed by atoms with E-state index in [1.807, 2.05) is 20.8 Å². The van der Waals surface area contributed by atoms with Crippen molar-refractivity contribution < 1.29 is 9.13 Å². The summed E-state index contributed by atoms with van der Waals surface area (Å²) in [7, 11) is 0. The summed E-state index contributed by atoms with van der Waals surface area (Å²) >= 11 is 0. The molecule has 0 N–H and O–H groups in total. The van der Waals surface area contributed by atoms with E-state index >= 15 is 0 Å². The average molecular weight is 304 g/mol. The fourth-order valence-electron chi connectivity index (χ4n) is 2.36. The van der Waals surface area contributed by atoms with Crippen LogP contribution in [0.25, 0.3) is 0 Å². The van der Waals surface area contributed by atoms with E-state index in [1.54, 1.807) is 23.6 Å². The number of ether oxygens (including phenoxy) is 1. The fraction of sp³-hybridized carbons (Fsp3) is 0.412. The number of hydrogen-bond acceptors (Lipinski definition) is 3. The molecule has 118 valence electrons. The third kappa shape index (κ3) is 3.93. The molecule has 1 aromatic carbocycles. The van der Waals surface area contributed by atoms with Gasteiger partial charge < -0.3 is 4.74 Å². The lowest BCUT2D eigenvalue weighted by atomic mass is 10.1. The van der Waals surface area contributed by atoms with Crippen LogP contribution in [0.15, 0.2) is 35.1 Å². The Morgan fingerprint density at radius 2 is 2.00 bits per heavy atom. The summed E-state index contributed by atoms with van der Waals surface area (Å²) in [6, 6.07) is 7.53. The second-order valence-electron chi connectivity index (χ2n) is 6.21. The zero-order valence-corrected chi connectivity index (χ0v) is 13.4. The van der Waals surface area contributed by atoms with Crippen molar-refractivity contribution >= 4 is 0 Å². The Labute approximate surface area is 129 Å². The van der Waals surface area contributed by atoms with Gasteiger partial charge in [0.15, 0.2) is 0 Å². The van der Waals surface area contributed by atoms with E-state index in [0.29, 0.717) is 30.3 Å². The van der Waals surface area contributed by atoms with Gasteiger partial charge in [-0.3, -0.25) is 9.36 Å². The molecular weight excluding hydrogens is 283 g/mol. The molecule has 2 aromatic rings. The van der Waals surface area contributed by atoms with Crippen molar-refractivity contribution in [1.82, 2.24) is 9.55 Å². The molecule has 0 bridgehead atoms. The molecule has 0 unspecified atom stereocenters. The van der Waals surface area contributed by atoms with Crippen molar-refractivity contribution in [2.75, 3.05) is 6.61 Å². The predicted molar refractivity (Wildman–Crippen MR) is 83.8 cm³/mol. The Morgan fingerprint density at radius 3 is 2.64 bits per heavy atom. The Bertz CT molecular complexity index is 717. The Balaban J connectivity index is 2.17. The maximum Gasteiger partial charge on any atom is 0.254 e. The van der Waals surface area contributed by atoms with E-state index in [-0.39, 0.29) is 16.9 Å². The Hall–Kier alpha value is -2.17. The largest absolute Gasteiger partial charge is 0.493 e. The van der Waals surface area contributed by atoms with E-state index in [0.717, 1.165) is 0 Å². The molecule has 2 rings (SSSR count). The first-order chi connectivity index (χ1) is 10.3. The average Bonchev–Trinajstić information content (AvgIpc) is 2.36. The van der Waals surface area contributed by atoms with E-state index in [1.165, 1.54) is 18.2 Å². The minimum Gasteiger partial charge on any atom is -0.493 e. The third-order valence-electron chi connectivity index (χ3n) is 3.18. The number of aryl methyl sites for hydroxylation is 1. The molecule has 0 aliphatic heterocycles. The highest BCUT2D eigenvalue weighted by molar-refractivity contribution is 5.22. The smallest absolute Gasteiger partial charge is 0.254 e. The van der Waals surface area contributed by atoms with Crippen molar-refractivity contribution in [3.8, 4) is 5.75 Å². The monoisotopic (exact) mass is 304 g/mol. The van der Waals surface area contributed by atoms with E-state index in [4.69, 9.17) is 4.74 Å². The number of hydrogen-bond donors (Lipinski definition) is 0. The van der Waals surface area contributed by atoms with Gasteiger partial charge in [0.25, 0.3) is 5.56 Å². The highest BCUT2D eigenvalue weighted by Gasteiger charge is 2.19. The van der Waals surface area contributed by atoms with Gasteiger partial charge in [0, 0.05) is 29.8 Å². The van der Waals surface area contributed by atoms with Gasteiger partial charge in [-0.25, -0.2) is 9.37 Å². The van der Waals surface area contributed by atoms with Crippen LogP contribution in [0.5, 0.6) is 5.75 Å². The molecule has 0 saturated carbocycles. The molecule has 1 aromatic heterocycles. The molecule has 0 aliphatic carbocycles. The lowest BCUT2D eigenvalue weighted by Gasteiger charge is -2.25. The van der Waals surface area contributed by atoms with Gasteiger partial charge in [-0.15, -0.1) is 0 Å². The van der Waals surface area contributed by atoms with Crippen molar-refractivity contribution in [1.29, 1.82) is 0 Å². The van der Waals surface area contributed by atoms with Gasteiger partial charge >= 0.3 is 0 Å². The second kappa shape index (κ2) is 6.30. The van der Waals surface area contributed by atoms with Gasteiger partial charge in [-0.1, -0.05) is 6.07 Å². The van der Waals surface area contributed by atoms with Gasteiger partial charge in [-0.05, 0) is 39.8 Å². The molecule has 4 nitrogen and oxygen atoms in total. The molecule has 0 fully saturated rings. The first-order valence-electron chi connectivity index (χ1n) is 7.26. The molecule has 0 spiro atoms. The highest BCUT2D eigenvalue weighted by atomic mass is 19.1. The quantitative estimate of drug-likeness (QED) is 0.872. The van der Waals surface area contributed by atoms with Crippen LogP contribution in [0.2, 0.25) is 0 Å². The summed E-state index contributed by atoms with van der Waals surface area (Å²) in [6.07, 6.45) is 0.477. The lowest BCUT2D eigenvalue weighted by molar-refractivity contribution is 0.300. The predicted octanol–water partition coefficient (Wildman–Crippen LogP) is 3.07. The molecule has 0 atom stereocenters. The topological polar surface area (TPSA) is 44.1 Å². The second-order valence-corrected chi connectivity index (χ2v) is 6.21. The molecule has 0 radical (unpaired) electrons. The van der Waals surface area contributed by atoms with Crippen molar-refractivity contribution in [3.63, 3.8) is 0 Å². The number of nitrogens with zero attached hydrogens (tertiary/aromatic N) is 2. The first kappa shape index (κ1) is 16.2. The maximum absolute atomic E-state index is 13.1. The summed E-state index contributed by atoms with van der Waals surface area (Å²) in [5.41, 5.74) is 0.262. The number of benzene rings is 1. The standard InChI is InChI=1S/C17H21FN2O2/c1-12-10-16(21)20(17(2,3)4)15(19-12)8-9-22-14-7-5-6-13(18)11-14/h5-7,10-11H,8-9H2,1-4H3. The first-order valence-corrected chi connectivity index (χ1v) is 7.26. The summed E-state index contributed by atoms with van der Waals surface area (Å²) in [6.45, 7) is 8.01. The van der Waals surface area contributed by atoms with Crippen LogP contribution in [0.1, 0.15) is 32.3 Å². The minimum atomic E-state index is -0.355. The van der Waals surface area contributed by atoms with E-state index < -0.39 is 0 Å². The van der Waals surface area contributed by atoms with E-state index in [2.05, 4.69) is 4.98 Å². The van der Waals surface area contributed by atoms with Gasteiger partial charge in [0.1, 0.15) is 17.4 Å². The van der Waals surface area contributed by atoms with Crippen molar-refractivity contribution in [2.24, 2.45) is 0 Å². The van der Waals surface area contributed by atoms with Crippen LogP contribution in [0.4, 0.5) is 4.39 Å². The molecule has 22 heavy (non-hydrogen) atoms. The zero-order valence-electron chi connectivity index (χ0n) is 13.4. The fourth-order valence-corrected chi connectivity index (χ4v) is 2.36. The van der Waals surface area contributed by atoms with Crippen LogP contribution < -0.4 is 10.3 Å². The Morgan fingerprint density at radius 1 is 1.27 bits per heavy atom. The molecule has 1 heterocycles. The lowest BCUT2D eigenvalue weighted by Crippen LogP contribution is -2.37. The van der Waals surface area contributed by atoms with Gasteiger partial charge in [-0.2, -0.15) is 0 Å². The number of halogens is 1. The van der Waals surface area contributed by atoms with Crippen LogP contribution in [-0.2, 0) is 12.0 Å². The molecular formula is C17H21FN2O2. The molecule has 0 aliphatic rings. The molecule has 0 amide bonds. The molecule has 5 heteroatoms. The summed E-state index contributed by atoms with van der Waals surface area (Å²) in [5, 5.41) is 0. The maximum atomic E-state index is 13.1. The Kier molecular flexibility index (Phi) is 4.64. The van der Waals surface area contributed by atoms with Crippen molar-refractivity contribution in [2.45, 2.75) is 39.7 Å². The van der Waals surface area contributed by atoms with E-state index in [9.17, 15) is 9.18 Å². The van der Waals surface area contributed by atoms with Gasteiger partial charge in [0.05, 0.1) is 6.61 Å².